The van der Waals surface area contributed by atoms with Gasteiger partial charge in [0.15, 0.2) is 0 Å². The van der Waals surface area contributed by atoms with Crippen molar-refractivity contribution in [2.45, 2.75) is 13.5 Å². The van der Waals surface area contributed by atoms with Crippen LogP contribution in [0.25, 0.3) is 11.1 Å². The molecule has 0 N–H and O–H groups in total. The summed E-state index contributed by atoms with van der Waals surface area (Å²) in [5.74, 6) is 0. The van der Waals surface area contributed by atoms with E-state index in [9.17, 15) is 0 Å². The number of nitrogens with zero attached hydrogens (tertiary/aromatic N) is 2. The summed E-state index contributed by atoms with van der Waals surface area (Å²) in [5, 5.41) is 0. The third kappa shape index (κ3) is 2.58. The standard InChI is InChI=1S/C17H16N2/c1-14-7-8-16(12-19-10-9-18-13-19)17(11-14)15-5-3-2-4-6-15/h2-11,13H,12H2,1H3. The van der Waals surface area contributed by atoms with E-state index in [2.05, 4.69) is 65.0 Å². The molecule has 1 aromatic heterocycles. The Balaban J connectivity index is 2.05. The van der Waals surface area contributed by atoms with Gasteiger partial charge in [0.2, 0.25) is 0 Å². The van der Waals surface area contributed by atoms with E-state index in [-0.39, 0.29) is 0 Å². The first kappa shape index (κ1) is 11.7. The summed E-state index contributed by atoms with van der Waals surface area (Å²) in [7, 11) is 0. The highest BCUT2D eigenvalue weighted by Crippen LogP contribution is 2.25. The van der Waals surface area contributed by atoms with Gasteiger partial charge in [0.25, 0.3) is 0 Å². The smallest absolute Gasteiger partial charge is 0.0949 e. The highest BCUT2D eigenvalue weighted by Gasteiger charge is 2.05. The molecule has 0 saturated carbocycles. The predicted molar refractivity (Wildman–Crippen MR) is 77.9 cm³/mol. The van der Waals surface area contributed by atoms with Crippen LogP contribution in [0.2, 0.25) is 0 Å². The Bertz CT molecular complexity index is 655. The van der Waals surface area contributed by atoms with Gasteiger partial charge in [0, 0.05) is 18.9 Å². The Morgan fingerprint density at radius 1 is 1.05 bits per heavy atom. The van der Waals surface area contributed by atoms with Crippen LogP contribution < -0.4 is 0 Å². The van der Waals surface area contributed by atoms with Crippen LogP contribution >= 0.6 is 0 Å². The third-order valence-electron chi connectivity index (χ3n) is 3.26. The Hall–Kier alpha value is -2.35. The number of aryl methyl sites for hydroxylation is 1. The highest BCUT2D eigenvalue weighted by atomic mass is 15.0. The van der Waals surface area contributed by atoms with E-state index in [0.29, 0.717) is 0 Å². The van der Waals surface area contributed by atoms with Gasteiger partial charge in [-0.2, -0.15) is 0 Å². The zero-order valence-corrected chi connectivity index (χ0v) is 11.0. The van der Waals surface area contributed by atoms with Crippen molar-refractivity contribution in [2.75, 3.05) is 0 Å². The molecular weight excluding hydrogens is 232 g/mol. The van der Waals surface area contributed by atoms with Crippen molar-refractivity contribution < 1.29 is 0 Å². The summed E-state index contributed by atoms with van der Waals surface area (Å²) in [5.41, 5.74) is 5.17. The molecule has 0 spiro atoms. The van der Waals surface area contributed by atoms with Gasteiger partial charge in [-0.3, -0.25) is 0 Å². The van der Waals surface area contributed by atoms with E-state index < -0.39 is 0 Å². The molecule has 3 aromatic rings. The summed E-state index contributed by atoms with van der Waals surface area (Å²) in [6, 6.07) is 17.2. The topological polar surface area (TPSA) is 17.8 Å². The molecule has 3 rings (SSSR count). The molecule has 0 fully saturated rings. The Morgan fingerprint density at radius 2 is 1.89 bits per heavy atom. The average molecular weight is 248 g/mol. The number of aromatic nitrogens is 2. The normalized spacial score (nSPS) is 10.6. The largest absolute Gasteiger partial charge is 0.333 e. The van der Waals surface area contributed by atoms with Crippen molar-refractivity contribution in [2.24, 2.45) is 0 Å². The average Bonchev–Trinajstić information content (AvgIpc) is 2.95. The van der Waals surface area contributed by atoms with E-state index in [1.165, 1.54) is 22.3 Å². The van der Waals surface area contributed by atoms with Gasteiger partial charge < -0.3 is 4.57 Å². The van der Waals surface area contributed by atoms with E-state index >= 15 is 0 Å². The van der Waals surface area contributed by atoms with Crippen LogP contribution in [-0.2, 0) is 6.54 Å². The van der Waals surface area contributed by atoms with Gasteiger partial charge in [-0.05, 0) is 23.6 Å². The molecule has 0 aliphatic heterocycles. The van der Waals surface area contributed by atoms with Crippen LogP contribution in [0.1, 0.15) is 11.1 Å². The second-order valence-corrected chi connectivity index (χ2v) is 4.76. The summed E-state index contributed by atoms with van der Waals surface area (Å²) < 4.78 is 2.09. The number of imidazole rings is 1. The fourth-order valence-electron chi connectivity index (χ4n) is 2.29. The number of rotatable bonds is 3. The van der Waals surface area contributed by atoms with Gasteiger partial charge in [-0.15, -0.1) is 0 Å². The van der Waals surface area contributed by atoms with E-state index in [1.807, 2.05) is 18.7 Å². The predicted octanol–water partition coefficient (Wildman–Crippen LogP) is 3.91. The molecule has 0 saturated heterocycles. The van der Waals surface area contributed by atoms with Crippen LogP contribution in [0.4, 0.5) is 0 Å². The van der Waals surface area contributed by atoms with Crippen LogP contribution in [0.15, 0.2) is 67.3 Å². The SMILES string of the molecule is Cc1ccc(Cn2ccnc2)c(-c2ccccc2)c1. The Labute approximate surface area is 113 Å². The summed E-state index contributed by atoms with van der Waals surface area (Å²) in [6.45, 7) is 2.98. The minimum atomic E-state index is 0.852. The summed E-state index contributed by atoms with van der Waals surface area (Å²) in [6.07, 6.45) is 5.67. The molecule has 0 amide bonds. The molecule has 1 heterocycles. The van der Waals surface area contributed by atoms with Crippen molar-refractivity contribution >= 4 is 0 Å². The molecule has 0 aliphatic rings. The first-order chi connectivity index (χ1) is 9.33. The number of hydrogen-bond acceptors (Lipinski definition) is 1. The van der Waals surface area contributed by atoms with Gasteiger partial charge in [-0.1, -0.05) is 54.1 Å². The molecular formula is C17H16N2. The fourth-order valence-corrected chi connectivity index (χ4v) is 2.29. The lowest BCUT2D eigenvalue weighted by atomic mass is 9.97. The molecule has 19 heavy (non-hydrogen) atoms. The first-order valence-corrected chi connectivity index (χ1v) is 6.43. The first-order valence-electron chi connectivity index (χ1n) is 6.43. The lowest BCUT2D eigenvalue weighted by Gasteiger charge is -2.11. The zero-order valence-electron chi connectivity index (χ0n) is 11.0. The quantitative estimate of drug-likeness (QED) is 0.687. The molecule has 0 bridgehead atoms. The van der Waals surface area contributed by atoms with E-state index in [1.54, 1.807) is 0 Å². The van der Waals surface area contributed by atoms with Crippen molar-refractivity contribution in [3.8, 4) is 11.1 Å². The second-order valence-electron chi connectivity index (χ2n) is 4.76. The van der Waals surface area contributed by atoms with E-state index in [4.69, 9.17) is 0 Å². The second kappa shape index (κ2) is 5.11. The maximum Gasteiger partial charge on any atom is 0.0949 e. The summed E-state index contributed by atoms with van der Waals surface area (Å²) >= 11 is 0. The molecule has 2 aromatic carbocycles. The van der Waals surface area contributed by atoms with Gasteiger partial charge in [0.05, 0.1) is 6.33 Å². The molecule has 94 valence electrons. The van der Waals surface area contributed by atoms with Crippen LogP contribution in [0.3, 0.4) is 0 Å². The highest BCUT2D eigenvalue weighted by molar-refractivity contribution is 5.68. The van der Waals surface area contributed by atoms with Gasteiger partial charge in [-0.25, -0.2) is 4.98 Å². The van der Waals surface area contributed by atoms with Crippen molar-refractivity contribution in [1.29, 1.82) is 0 Å². The molecule has 0 aliphatic carbocycles. The van der Waals surface area contributed by atoms with Crippen molar-refractivity contribution in [3.05, 3.63) is 78.4 Å². The molecule has 0 radical (unpaired) electrons. The minimum absolute atomic E-state index is 0.852. The Morgan fingerprint density at radius 3 is 2.63 bits per heavy atom. The number of hydrogen-bond donors (Lipinski definition) is 0. The van der Waals surface area contributed by atoms with Crippen LogP contribution in [0.5, 0.6) is 0 Å². The Kier molecular flexibility index (Phi) is 3.15. The molecule has 2 heteroatoms. The molecule has 0 atom stereocenters. The minimum Gasteiger partial charge on any atom is -0.333 e. The maximum absolute atomic E-state index is 4.10. The maximum atomic E-state index is 4.10. The van der Waals surface area contributed by atoms with Crippen molar-refractivity contribution in [3.63, 3.8) is 0 Å². The van der Waals surface area contributed by atoms with E-state index in [0.717, 1.165) is 6.54 Å². The fraction of sp³-hybridized carbons (Fsp3) is 0.118. The molecule has 0 unspecified atom stereocenters. The zero-order chi connectivity index (χ0) is 13.1. The lowest BCUT2D eigenvalue weighted by Crippen LogP contribution is -1.99. The van der Waals surface area contributed by atoms with Crippen molar-refractivity contribution in [1.82, 2.24) is 9.55 Å². The monoisotopic (exact) mass is 248 g/mol. The van der Waals surface area contributed by atoms with Crippen LogP contribution in [-0.4, -0.2) is 9.55 Å². The third-order valence-corrected chi connectivity index (χ3v) is 3.26. The van der Waals surface area contributed by atoms with Crippen LogP contribution in [0, 0.1) is 6.92 Å². The van der Waals surface area contributed by atoms with Gasteiger partial charge in [0.1, 0.15) is 0 Å². The summed E-state index contributed by atoms with van der Waals surface area (Å²) in [4.78, 5) is 4.10. The number of benzene rings is 2. The molecule has 2 nitrogen and oxygen atoms in total. The lowest BCUT2D eigenvalue weighted by molar-refractivity contribution is 0.798. The van der Waals surface area contributed by atoms with Gasteiger partial charge >= 0.3 is 0 Å².